The Morgan fingerprint density at radius 2 is 1.84 bits per heavy atom. The van der Waals surface area contributed by atoms with Gasteiger partial charge in [-0.3, -0.25) is 4.79 Å². The molecule has 4 rings (SSSR count). The summed E-state index contributed by atoms with van der Waals surface area (Å²) < 4.78 is 0. The third-order valence-electron chi connectivity index (χ3n) is 7.61. The van der Waals surface area contributed by atoms with Crippen LogP contribution in [0, 0.1) is 23.7 Å². The van der Waals surface area contributed by atoms with Gasteiger partial charge < -0.3 is 20.2 Å². The van der Waals surface area contributed by atoms with Crippen LogP contribution in [0.4, 0.5) is 0 Å². The molecule has 0 aromatic heterocycles. The number of aliphatic hydroxyl groups is 3. The van der Waals surface area contributed by atoms with E-state index in [1.807, 2.05) is 68.2 Å². The number of hydrogen-bond donors (Lipinski definition) is 3. The summed E-state index contributed by atoms with van der Waals surface area (Å²) in [6.07, 6.45) is 18.6. The van der Waals surface area contributed by atoms with Crippen LogP contribution in [0.1, 0.15) is 33.6 Å². The molecular weight excluding hydrogens is 402 g/mol. The molecule has 5 nitrogen and oxygen atoms in total. The lowest BCUT2D eigenvalue weighted by Gasteiger charge is -2.35. The SMILES string of the molecule is C/C=C/C=C/C[C@@H]1C[C@H](O)[C@@H]2[C@H]3/C(C)=C\[C@@H]4C=C[C@@H](O)[C@@H](O)[C@@H]4/C(C)=C\C=C/[C@H]3C(=O)N12. The van der Waals surface area contributed by atoms with E-state index in [2.05, 4.69) is 12.2 Å². The number of carbonyl (C=O) groups excluding carboxylic acids is 1. The Kier molecular flexibility index (Phi) is 6.70. The van der Waals surface area contributed by atoms with Gasteiger partial charge in [0.05, 0.1) is 30.3 Å². The number of allylic oxidation sites excluding steroid dienone is 7. The van der Waals surface area contributed by atoms with Gasteiger partial charge in [-0.05, 0) is 33.6 Å². The maximum atomic E-state index is 13.5. The molecule has 0 aromatic carbocycles. The smallest absolute Gasteiger partial charge is 0.230 e. The van der Waals surface area contributed by atoms with Crippen molar-refractivity contribution in [2.24, 2.45) is 23.7 Å². The zero-order valence-corrected chi connectivity index (χ0v) is 19.1. The highest BCUT2D eigenvalue weighted by Crippen LogP contribution is 2.47. The summed E-state index contributed by atoms with van der Waals surface area (Å²) in [5.41, 5.74) is 2.03. The fourth-order valence-corrected chi connectivity index (χ4v) is 6.13. The molecule has 2 aliphatic heterocycles. The Morgan fingerprint density at radius 1 is 1.06 bits per heavy atom. The highest BCUT2D eigenvalue weighted by atomic mass is 16.3. The van der Waals surface area contributed by atoms with Gasteiger partial charge in [-0.15, -0.1) is 0 Å². The van der Waals surface area contributed by atoms with Gasteiger partial charge in [0.15, 0.2) is 0 Å². The van der Waals surface area contributed by atoms with Gasteiger partial charge in [0.1, 0.15) is 0 Å². The van der Waals surface area contributed by atoms with Gasteiger partial charge in [-0.1, -0.05) is 71.9 Å². The van der Waals surface area contributed by atoms with Crippen molar-refractivity contribution >= 4 is 5.91 Å². The highest BCUT2D eigenvalue weighted by molar-refractivity contribution is 5.85. The summed E-state index contributed by atoms with van der Waals surface area (Å²) in [4.78, 5) is 15.5. The molecule has 0 unspecified atom stereocenters. The number of carbonyl (C=O) groups is 1. The average Bonchev–Trinajstić information content (AvgIpc) is 3.23. The topological polar surface area (TPSA) is 81.0 Å². The van der Waals surface area contributed by atoms with E-state index in [9.17, 15) is 20.1 Å². The number of fused-ring (bicyclic) bond motifs is 4. The van der Waals surface area contributed by atoms with Crippen LogP contribution < -0.4 is 0 Å². The second-order valence-electron chi connectivity index (χ2n) is 9.61. The number of rotatable bonds is 3. The monoisotopic (exact) mass is 437 g/mol. The molecule has 2 aliphatic carbocycles. The Morgan fingerprint density at radius 3 is 2.59 bits per heavy atom. The molecule has 5 heteroatoms. The first-order valence-electron chi connectivity index (χ1n) is 11.7. The zero-order valence-electron chi connectivity index (χ0n) is 19.1. The minimum atomic E-state index is -0.885. The van der Waals surface area contributed by atoms with Crippen molar-refractivity contribution in [2.75, 3.05) is 0 Å². The molecular formula is C27H35NO4. The molecule has 0 spiro atoms. The molecule has 2 heterocycles. The molecule has 172 valence electrons. The van der Waals surface area contributed by atoms with Gasteiger partial charge in [-0.25, -0.2) is 0 Å². The molecule has 0 radical (unpaired) electrons. The first-order chi connectivity index (χ1) is 15.3. The molecule has 0 saturated carbocycles. The number of aliphatic hydroxyl groups excluding tert-OH is 3. The van der Waals surface area contributed by atoms with E-state index in [0.717, 1.165) is 17.6 Å². The zero-order chi connectivity index (χ0) is 23.0. The highest BCUT2D eigenvalue weighted by Gasteiger charge is 2.56. The Labute approximate surface area is 190 Å². The van der Waals surface area contributed by atoms with Crippen LogP contribution in [0.25, 0.3) is 0 Å². The van der Waals surface area contributed by atoms with Crippen molar-refractivity contribution in [1.82, 2.24) is 4.90 Å². The van der Waals surface area contributed by atoms with E-state index < -0.39 is 18.3 Å². The van der Waals surface area contributed by atoms with E-state index in [-0.39, 0.29) is 41.7 Å². The van der Waals surface area contributed by atoms with Crippen molar-refractivity contribution in [3.05, 3.63) is 71.9 Å². The summed E-state index contributed by atoms with van der Waals surface area (Å²) in [6, 6.07) is -0.237. The van der Waals surface area contributed by atoms with E-state index in [4.69, 9.17) is 0 Å². The van der Waals surface area contributed by atoms with Gasteiger partial charge in [0.2, 0.25) is 5.91 Å². The van der Waals surface area contributed by atoms with Crippen LogP contribution >= 0.6 is 0 Å². The third-order valence-corrected chi connectivity index (χ3v) is 7.61. The summed E-state index contributed by atoms with van der Waals surface area (Å²) in [7, 11) is 0. The Bertz CT molecular complexity index is 911. The Hall–Kier alpha value is -2.21. The van der Waals surface area contributed by atoms with Crippen molar-refractivity contribution < 1.29 is 20.1 Å². The van der Waals surface area contributed by atoms with Crippen molar-refractivity contribution in [3.63, 3.8) is 0 Å². The van der Waals surface area contributed by atoms with Crippen LogP contribution in [0.3, 0.4) is 0 Å². The van der Waals surface area contributed by atoms with Crippen molar-refractivity contribution in [3.8, 4) is 0 Å². The second-order valence-corrected chi connectivity index (χ2v) is 9.61. The average molecular weight is 438 g/mol. The van der Waals surface area contributed by atoms with E-state index in [0.29, 0.717) is 6.42 Å². The van der Waals surface area contributed by atoms with Crippen molar-refractivity contribution in [2.45, 2.75) is 64.0 Å². The molecule has 0 bridgehead atoms. The first-order valence-corrected chi connectivity index (χ1v) is 11.7. The summed E-state index contributed by atoms with van der Waals surface area (Å²) in [5, 5.41) is 31.8. The van der Waals surface area contributed by atoms with Crippen LogP contribution in [0.2, 0.25) is 0 Å². The normalized spacial score (nSPS) is 45.9. The van der Waals surface area contributed by atoms with Crippen LogP contribution in [-0.2, 0) is 4.79 Å². The fraction of sp³-hybridized carbons (Fsp3) is 0.519. The van der Waals surface area contributed by atoms with E-state index in [1.54, 1.807) is 6.08 Å². The second kappa shape index (κ2) is 9.34. The minimum absolute atomic E-state index is 0.000549. The minimum Gasteiger partial charge on any atom is -0.391 e. The van der Waals surface area contributed by atoms with Gasteiger partial charge in [-0.2, -0.15) is 0 Å². The standard InChI is InChI=1S/C27H35NO4/c1-4-5-6-7-10-19-15-22(30)25-24-17(3)14-18-12-13-21(29)26(31)23(18)16(2)9-8-11-20(24)27(32)28(19)25/h4-9,11-14,18-26,29-31H,10,15H2,1-3H3/b5-4+,7-6+,11-8-,16-9-,17-14-/t18-,19+,20+,21+,22-,23+,24-,25+,26+/m0/s1. The molecule has 1 amide bonds. The number of nitrogens with zero attached hydrogens (tertiary/aromatic N) is 1. The lowest BCUT2D eigenvalue weighted by molar-refractivity contribution is -0.132. The molecule has 32 heavy (non-hydrogen) atoms. The van der Waals surface area contributed by atoms with Crippen LogP contribution in [0.5, 0.6) is 0 Å². The maximum absolute atomic E-state index is 13.5. The molecule has 4 aliphatic rings. The van der Waals surface area contributed by atoms with Gasteiger partial charge in [0, 0.05) is 23.8 Å². The van der Waals surface area contributed by atoms with Gasteiger partial charge >= 0.3 is 0 Å². The van der Waals surface area contributed by atoms with Crippen molar-refractivity contribution in [1.29, 1.82) is 0 Å². The number of hydrogen-bond acceptors (Lipinski definition) is 4. The van der Waals surface area contributed by atoms with Crippen LogP contribution in [-0.4, -0.2) is 56.5 Å². The molecule has 2 fully saturated rings. The number of amides is 1. The molecule has 2 saturated heterocycles. The molecule has 0 aromatic rings. The quantitative estimate of drug-likeness (QED) is 0.468. The predicted octanol–water partition coefficient (Wildman–Crippen LogP) is 3.07. The lowest BCUT2D eigenvalue weighted by atomic mass is 9.73. The maximum Gasteiger partial charge on any atom is 0.230 e. The molecule has 9 atom stereocenters. The van der Waals surface area contributed by atoms with E-state index >= 15 is 0 Å². The summed E-state index contributed by atoms with van der Waals surface area (Å²) in [6.45, 7) is 5.97. The fourth-order valence-electron chi connectivity index (χ4n) is 6.13. The van der Waals surface area contributed by atoms with E-state index in [1.165, 1.54) is 0 Å². The molecule has 3 N–H and O–H groups in total. The largest absolute Gasteiger partial charge is 0.391 e. The Balaban J connectivity index is 1.71. The summed E-state index contributed by atoms with van der Waals surface area (Å²) in [5.74, 6) is -0.626. The summed E-state index contributed by atoms with van der Waals surface area (Å²) >= 11 is 0. The predicted molar refractivity (Wildman–Crippen MR) is 125 cm³/mol. The first kappa shape index (κ1) is 23.0. The third kappa shape index (κ3) is 3.98. The lowest BCUT2D eigenvalue weighted by Crippen LogP contribution is -2.40. The van der Waals surface area contributed by atoms with Crippen LogP contribution in [0.15, 0.2) is 71.9 Å². The van der Waals surface area contributed by atoms with Gasteiger partial charge in [0.25, 0.3) is 0 Å².